The first-order valence-electron chi connectivity index (χ1n) is 16.4. The number of nitrogens with one attached hydrogen (secondary N) is 2. The van der Waals surface area contributed by atoms with Gasteiger partial charge in [0.05, 0.1) is 23.2 Å². The minimum Gasteiger partial charge on any atom is -0.476 e. The average molecular weight is 653 g/mol. The molecule has 2 amide bonds. The fourth-order valence-electron chi connectivity index (χ4n) is 7.08. The van der Waals surface area contributed by atoms with Gasteiger partial charge in [-0.1, -0.05) is 31.5 Å². The van der Waals surface area contributed by atoms with E-state index in [0.29, 0.717) is 29.8 Å². The number of likely N-dealkylation sites (tertiary alicyclic amines) is 1. The minimum absolute atomic E-state index is 0.0164. The molecule has 4 atom stereocenters. The number of amides is 2. The third kappa shape index (κ3) is 6.40. The van der Waals surface area contributed by atoms with Crippen molar-refractivity contribution >= 4 is 40.7 Å². The lowest BCUT2D eigenvalue weighted by atomic mass is 9.92. The zero-order chi connectivity index (χ0) is 33.9. The van der Waals surface area contributed by atoms with Crippen LogP contribution >= 0.6 is 0 Å². The van der Waals surface area contributed by atoms with Crippen LogP contribution in [0.25, 0.3) is 22.0 Å². The second kappa shape index (κ2) is 13.9. The quantitative estimate of drug-likeness (QED) is 0.152. The molecule has 250 valence electrons. The summed E-state index contributed by atoms with van der Waals surface area (Å²) in [7, 11) is 1.82. The number of imide groups is 1. The van der Waals surface area contributed by atoms with Crippen LogP contribution in [0.4, 0.5) is 5.69 Å². The summed E-state index contributed by atoms with van der Waals surface area (Å²) >= 11 is 0. The standard InChI is InChI=1S/C36H40N6O6/c1-4-32(48-30-12-7-9-23(21(30)2)24-10-8-17-37-34(24)36(46)47)42-18-6-5-11-28(42)27(20-43)38-22-13-14-25-29(19-22)41(3)40-33(25)26-15-16-31(44)39-35(26)45/h7-10,12-14,17,19-20,26-28,32,38H,4-6,11,15-16,18H2,1-3H3,(H,46,47)(H,39,44,45). The molecule has 0 saturated carbocycles. The number of pyridine rings is 1. The van der Waals surface area contributed by atoms with Crippen molar-refractivity contribution in [1.82, 2.24) is 25.0 Å². The molecule has 6 rings (SSSR count). The molecule has 0 aliphatic carbocycles. The first-order valence-corrected chi connectivity index (χ1v) is 16.4. The second-order valence-corrected chi connectivity index (χ2v) is 12.5. The largest absolute Gasteiger partial charge is 0.476 e. The molecule has 2 aliphatic rings. The number of nitrogens with zero attached hydrogens (tertiary/aromatic N) is 4. The molecule has 2 aliphatic heterocycles. The maximum absolute atomic E-state index is 12.7. The van der Waals surface area contributed by atoms with Gasteiger partial charge < -0.3 is 20.0 Å². The fourth-order valence-corrected chi connectivity index (χ4v) is 7.08. The van der Waals surface area contributed by atoms with Crippen molar-refractivity contribution in [2.45, 2.75) is 76.6 Å². The number of ether oxygens (including phenoxy) is 1. The topological polar surface area (TPSA) is 156 Å². The van der Waals surface area contributed by atoms with Gasteiger partial charge in [-0.05, 0) is 74.1 Å². The van der Waals surface area contributed by atoms with Crippen molar-refractivity contribution in [2.24, 2.45) is 7.05 Å². The first-order chi connectivity index (χ1) is 23.2. The Hall–Kier alpha value is -5.10. The number of hydrogen-bond donors (Lipinski definition) is 3. The number of aldehydes is 1. The Morgan fingerprint density at radius 2 is 1.96 bits per heavy atom. The molecule has 0 bridgehead atoms. The van der Waals surface area contributed by atoms with Crippen LogP contribution < -0.4 is 15.4 Å². The number of aromatic nitrogens is 3. The van der Waals surface area contributed by atoms with Crippen molar-refractivity contribution < 1.29 is 29.0 Å². The molecule has 2 saturated heterocycles. The summed E-state index contributed by atoms with van der Waals surface area (Å²) < 4.78 is 8.40. The number of aryl methyl sites for hydroxylation is 1. The fraction of sp³-hybridized carbons (Fsp3) is 0.389. The highest BCUT2D eigenvalue weighted by atomic mass is 16.5. The van der Waals surface area contributed by atoms with E-state index in [1.54, 1.807) is 16.8 Å². The van der Waals surface area contributed by atoms with E-state index in [0.717, 1.165) is 59.8 Å². The SMILES string of the molecule is CCC(Oc1cccc(-c2cccnc2C(=O)O)c1C)N1CCCCC1C(C=O)Nc1ccc2c(C3CCC(=O)NC3=O)nn(C)c2c1. The van der Waals surface area contributed by atoms with E-state index in [9.17, 15) is 24.3 Å². The van der Waals surface area contributed by atoms with Crippen molar-refractivity contribution in [1.29, 1.82) is 0 Å². The Morgan fingerprint density at radius 1 is 1.15 bits per heavy atom. The van der Waals surface area contributed by atoms with Crippen LogP contribution in [-0.2, 0) is 21.4 Å². The van der Waals surface area contributed by atoms with Gasteiger partial charge in [-0.3, -0.25) is 24.5 Å². The number of carboxylic acid groups (broad SMARTS) is 1. The average Bonchev–Trinajstić information content (AvgIpc) is 3.41. The van der Waals surface area contributed by atoms with Gasteiger partial charge in [-0.15, -0.1) is 0 Å². The molecule has 4 unspecified atom stereocenters. The summed E-state index contributed by atoms with van der Waals surface area (Å²) in [5.74, 6) is -1.54. The molecule has 4 heterocycles. The summed E-state index contributed by atoms with van der Waals surface area (Å²) in [6, 6.07) is 14.2. The van der Waals surface area contributed by atoms with E-state index >= 15 is 0 Å². The van der Waals surface area contributed by atoms with Gasteiger partial charge in [-0.2, -0.15) is 5.10 Å². The lowest BCUT2D eigenvalue weighted by Crippen LogP contribution is -2.55. The minimum atomic E-state index is -1.09. The Kier molecular flexibility index (Phi) is 9.54. The zero-order valence-corrected chi connectivity index (χ0v) is 27.3. The van der Waals surface area contributed by atoms with E-state index in [2.05, 4.69) is 32.5 Å². The highest BCUT2D eigenvalue weighted by Gasteiger charge is 2.36. The van der Waals surface area contributed by atoms with Crippen LogP contribution in [0.2, 0.25) is 0 Å². The number of benzene rings is 2. The number of rotatable bonds is 11. The van der Waals surface area contributed by atoms with Gasteiger partial charge in [0.2, 0.25) is 11.8 Å². The summed E-state index contributed by atoms with van der Waals surface area (Å²) in [5, 5.41) is 21.1. The maximum atomic E-state index is 12.7. The Balaban J connectivity index is 1.23. The monoisotopic (exact) mass is 652 g/mol. The number of aromatic carboxylic acids is 1. The van der Waals surface area contributed by atoms with E-state index in [-0.39, 0.29) is 36.2 Å². The second-order valence-electron chi connectivity index (χ2n) is 12.5. The Morgan fingerprint density at radius 3 is 2.71 bits per heavy atom. The molecular formula is C36H40N6O6. The summed E-state index contributed by atoms with van der Waals surface area (Å²) in [5.41, 5.74) is 4.27. The highest BCUT2D eigenvalue weighted by Crippen LogP contribution is 2.35. The van der Waals surface area contributed by atoms with Crippen LogP contribution in [0.15, 0.2) is 54.7 Å². The predicted molar refractivity (Wildman–Crippen MR) is 180 cm³/mol. The van der Waals surface area contributed by atoms with Crippen molar-refractivity contribution in [2.75, 3.05) is 11.9 Å². The van der Waals surface area contributed by atoms with Crippen molar-refractivity contribution in [3.63, 3.8) is 0 Å². The van der Waals surface area contributed by atoms with Crippen LogP contribution in [0, 0.1) is 6.92 Å². The molecule has 0 spiro atoms. The number of carbonyl (C=O) groups excluding carboxylic acids is 3. The third-order valence-corrected chi connectivity index (χ3v) is 9.50. The van der Waals surface area contributed by atoms with E-state index in [1.165, 1.54) is 6.20 Å². The van der Waals surface area contributed by atoms with Crippen molar-refractivity contribution in [3.8, 4) is 16.9 Å². The number of anilines is 1. The van der Waals surface area contributed by atoms with Gasteiger partial charge in [-0.25, -0.2) is 9.78 Å². The van der Waals surface area contributed by atoms with Crippen LogP contribution in [-0.4, -0.2) is 73.7 Å². The van der Waals surface area contributed by atoms with Gasteiger partial charge in [0.25, 0.3) is 0 Å². The van der Waals surface area contributed by atoms with Gasteiger partial charge in [0.15, 0.2) is 11.9 Å². The number of hydrogen-bond acceptors (Lipinski definition) is 9. The molecule has 3 N–H and O–H groups in total. The molecule has 0 radical (unpaired) electrons. The van der Waals surface area contributed by atoms with Gasteiger partial charge in [0, 0.05) is 48.9 Å². The van der Waals surface area contributed by atoms with Crippen molar-refractivity contribution in [3.05, 3.63) is 71.7 Å². The highest BCUT2D eigenvalue weighted by molar-refractivity contribution is 6.02. The molecule has 4 aromatic rings. The predicted octanol–water partition coefficient (Wildman–Crippen LogP) is 4.81. The first kappa shape index (κ1) is 32.8. The molecule has 2 aromatic heterocycles. The van der Waals surface area contributed by atoms with Crippen LogP contribution in [0.1, 0.15) is 73.1 Å². The smallest absolute Gasteiger partial charge is 0.355 e. The number of carbonyl (C=O) groups is 4. The molecule has 48 heavy (non-hydrogen) atoms. The Bertz CT molecular complexity index is 1870. The molecular weight excluding hydrogens is 612 g/mol. The molecule has 12 heteroatoms. The van der Waals surface area contributed by atoms with E-state index in [4.69, 9.17) is 4.74 Å². The lowest BCUT2D eigenvalue weighted by Gasteiger charge is -2.43. The third-order valence-electron chi connectivity index (χ3n) is 9.50. The molecule has 12 nitrogen and oxygen atoms in total. The summed E-state index contributed by atoms with van der Waals surface area (Å²) in [6.07, 6.45) is 6.23. The number of fused-ring (bicyclic) bond motifs is 1. The van der Waals surface area contributed by atoms with E-state index < -0.39 is 17.9 Å². The lowest BCUT2D eigenvalue weighted by molar-refractivity contribution is -0.134. The normalized spacial score (nSPS) is 19.8. The number of carboxylic acids is 1. The Labute approximate surface area is 278 Å². The molecule has 2 aromatic carbocycles. The van der Waals surface area contributed by atoms with E-state index in [1.807, 2.05) is 50.4 Å². The van der Waals surface area contributed by atoms with Gasteiger partial charge in [0.1, 0.15) is 12.0 Å². The van der Waals surface area contributed by atoms with Crippen LogP contribution in [0.5, 0.6) is 5.75 Å². The van der Waals surface area contributed by atoms with Crippen LogP contribution in [0.3, 0.4) is 0 Å². The maximum Gasteiger partial charge on any atom is 0.355 e. The summed E-state index contributed by atoms with van der Waals surface area (Å²) in [4.78, 5) is 55.2. The molecule has 2 fully saturated rings. The summed E-state index contributed by atoms with van der Waals surface area (Å²) in [6.45, 7) is 4.73. The van der Waals surface area contributed by atoms with Gasteiger partial charge >= 0.3 is 5.97 Å². The zero-order valence-electron chi connectivity index (χ0n) is 27.3. The number of piperidine rings is 2.